The first-order chi connectivity index (χ1) is 12.0. The van der Waals surface area contributed by atoms with E-state index in [2.05, 4.69) is 10.5 Å². The molecule has 126 valence electrons. The molecule has 0 aliphatic carbocycles. The highest BCUT2D eigenvalue weighted by Crippen LogP contribution is 2.19. The molecule has 7 heteroatoms. The van der Waals surface area contributed by atoms with Crippen LogP contribution in [0.25, 0.3) is 10.9 Å². The Bertz CT molecular complexity index is 978. The van der Waals surface area contributed by atoms with Crippen molar-refractivity contribution < 1.29 is 14.0 Å². The Morgan fingerprint density at radius 2 is 2.00 bits per heavy atom. The lowest BCUT2D eigenvalue weighted by Crippen LogP contribution is -2.18. The van der Waals surface area contributed by atoms with E-state index in [1.165, 1.54) is 24.4 Å². The molecule has 1 aromatic heterocycles. The Balaban J connectivity index is 1.81. The van der Waals surface area contributed by atoms with E-state index in [0.717, 1.165) is 22.5 Å². The topological polar surface area (TPSA) is 89.5 Å². The van der Waals surface area contributed by atoms with Crippen LogP contribution in [0, 0.1) is 5.82 Å². The Kier molecular flexibility index (Phi) is 4.56. The monoisotopic (exact) mass is 338 g/mol. The number of amides is 2. The van der Waals surface area contributed by atoms with E-state index >= 15 is 0 Å². The fourth-order valence-corrected chi connectivity index (χ4v) is 2.53. The maximum absolute atomic E-state index is 13.1. The van der Waals surface area contributed by atoms with Crippen LogP contribution >= 0.6 is 0 Å². The molecule has 3 aromatic rings. The molecule has 0 radical (unpaired) electrons. The Morgan fingerprint density at radius 1 is 1.20 bits per heavy atom. The molecule has 0 bridgehead atoms. The minimum absolute atomic E-state index is 0.0456. The molecule has 0 saturated heterocycles. The summed E-state index contributed by atoms with van der Waals surface area (Å²) in [6.07, 6.45) is 3.20. The summed E-state index contributed by atoms with van der Waals surface area (Å²) < 4.78 is 14.9. The molecule has 0 spiro atoms. The normalized spacial score (nSPS) is 11.1. The van der Waals surface area contributed by atoms with E-state index in [-0.39, 0.29) is 12.1 Å². The third kappa shape index (κ3) is 3.72. The first-order valence-corrected chi connectivity index (χ1v) is 7.50. The van der Waals surface area contributed by atoms with Crippen molar-refractivity contribution in [3.05, 3.63) is 71.7 Å². The number of fused-ring (bicyclic) bond motifs is 1. The average Bonchev–Trinajstić information content (AvgIpc) is 2.92. The van der Waals surface area contributed by atoms with E-state index in [4.69, 9.17) is 5.73 Å². The van der Waals surface area contributed by atoms with Crippen molar-refractivity contribution in [3.8, 4) is 0 Å². The van der Waals surface area contributed by atoms with E-state index in [0.29, 0.717) is 0 Å². The summed E-state index contributed by atoms with van der Waals surface area (Å²) in [6.45, 7) is 0.0456. The molecule has 0 aliphatic rings. The minimum Gasteiger partial charge on any atom is -0.368 e. The van der Waals surface area contributed by atoms with Crippen LogP contribution in [0.5, 0.6) is 0 Å². The fraction of sp³-hybridized carbons (Fsp3) is 0.0556. The maximum Gasteiger partial charge on any atom is 0.271 e. The Labute approximate surface area is 142 Å². The zero-order valence-corrected chi connectivity index (χ0v) is 13.1. The van der Waals surface area contributed by atoms with Crippen LogP contribution in [-0.2, 0) is 11.3 Å². The number of carbonyl (C=O) groups is 2. The molecular weight excluding hydrogens is 323 g/mol. The first kappa shape index (κ1) is 16.4. The zero-order valence-electron chi connectivity index (χ0n) is 13.1. The quantitative estimate of drug-likeness (QED) is 0.550. The molecule has 0 atom stereocenters. The number of para-hydroxylation sites is 1. The number of nitrogens with one attached hydrogen (secondary N) is 1. The van der Waals surface area contributed by atoms with Crippen LogP contribution in [-0.4, -0.2) is 22.6 Å². The zero-order chi connectivity index (χ0) is 17.8. The smallest absolute Gasteiger partial charge is 0.271 e. The maximum atomic E-state index is 13.1. The molecule has 0 unspecified atom stereocenters. The summed E-state index contributed by atoms with van der Waals surface area (Å²) in [5.74, 6) is -1.47. The Morgan fingerprint density at radius 3 is 2.76 bits per heavy atom. The summed E-state index contributed by atoms with van der Waals surface area (Å²) in [7, 11) is 0. The fourth-order valence-electron chi connectivity index (χ4n) is 2.53. The number of rotatable bonds is 5. The standard InChI is InChI=1S/C18H15FN4O2/c19-14-5-3-4-12(8-14)18(25)22-21-9-13-10-23(11-17(20)24)16-7-2-1-6-15(13)16/h1-10H,11H2,(H2,20,24)(H,22,25)/b21-9-. The highest BCUT2D eigenvalue weighted by Gasteiger charge is 2.09. The number of carbonyl (C=O) groups excluding carboxylic acids is 2. The van der Waals surface area contributed by atoms with Gasteiger partial charge >= 0.3 is 0 Å². The molecular formula is C18H15FN4O2. The van der Waals surface area contributed by atoms with Gasteiger partial charge in [0, 0.05) is 28.2 Å². The molecule has 2 aromatic carbocycles. The predicted molar refractivity (Wildman–Crippen MR) is 92.6 cm³/mol. The molecule has 2 amide bonds. The Hall–Kier alpha value is -3.48. The number of nitrogens with two attached hydrogens (primary N) is 1. The summed E-state index contributed by atoms with van der Waals surface area (Å²) >= 11 is 0. The van der Waals surface area contributed by atoms with Crippen LogP contribution in [0.15, 0.2) is 59.8 Å². The second-order valence-corrected chi connectivity index (χ2v) is 5.41. The summed E-state index contributed by atoms with van der Waals surface area (Å²) in [6, 6.07) is 12.8. The SMILES string of the molecule is NC(=O)Cn1cc(/C=N\NC(=O)c2cccc(F)c2)c2ccccc21. The molecule has 1 heterocycles. The van der Waals surface area contributed by atoms with Gasteiger partial charge in [0.25, 0.3) is 5.91 Å². The lowest BCUT2D eigenvalue weighted by atomic mass is 10.2. The van der Waals surface area contributed by atoms with Gasteiger partial charge in [-0.15, -0.1) is 0 Å². The van der Waals surface area contributed by atoms with E-state index in [1.54, 1.807) is 10.8 Å². The van der Waals surface area contributed by atoms with Gasteiger partial charge in [-0.1, -0.05) is 24.3 Å². The summed E-state index contributed by atoms with van der Waals surface area (Å²) in [5.41, 5.74) is 9.34. The number of hydrazone groups is 1. The first-order valence-electron chi connectivity index (χ1n) is 7.50. The van der Waals surface area contributed by atoms with Crippen molar-refractivity contribution in [3.63, 3.8) is 0 Å². The van der Waals surface area contributed by atoms with Gasteiger partial charge in [-0.2, -0.15) is 5.10 Å². The number of aromatic nitrogens is 1. The van der Waals surface area contributed by atoms with Gasteiger partial charge < -0.3 is 10.3 Å². The van der Waals surface area contributed by atoms with Gasteiger partial charge in [-0.25, -0.2) is 9.82 Å². The lowest BCUT2D eigenvalue weighted by molar-refractivity contribution is -0.118. The molecule has 0 saturated carbocycles. The van der Waals surface area contributed by atoms with E-state index in [1.807, 2.05) is 24.3 Å². The van der Waals surface area contributed by atoms with Gasteiger partial charge in [-0.05, 0) is 24.3 Å². The molecule has 3 N–H and O–H groups in total. The molecule has 0 aliphatic heterocycles. The van der Waals surface area contributed by atoms with Gasteiger partial charge in [-0.3, -0.25) is 9.59 Å². The van der Waals surface area contributed by atoms with Crippen molar-refractivity contribution in [1.82, 2.24) is 9.99 Å². The molecule has 3 rings (SSSR count). The highest BCUT2D eigenvalue weighted by molar-refractivity contribution is 6.01. The third-order valence-corrected chi connectivity index (χ3v) is 3.60. The van der Waals surface area contributed by atoms with Gasteiger partial charge in [0.1, 0.15) is 12.4 Å². The summed E-state index contributed by atoms with van der Waals surface area (Å²) in [5, 5.41) is 4.78. The average molecular weight is 338 g/mol. The van der Waals surface area contributed by atoms with Crippen molar-refractivity contribution in [1.29, 1.82) is 0 Å². The van der Waals surface area contributed by atoms with Crippen LogP contribution in [0.2, 0.25) is 0 Å². The minimum atomic E-state index is -0.517. The van der Waals surface area contributed by atoms with Crippen LogP contribution in [0.4, 0.5) is 4.39 Å². The second-order valence-electron chi connectivity index (χ2n) is 5.41. The van der Waals surface area contributed by atoms with Crippen LogP contribution in [0.1, 0.15) is 15.9 Å². The second kappa shape index (κ2) is 6.96. The number of hydrogen-bond donors (Lipinski definition) is 2. The summed E-state index contributed by atoms with van der Waals surface area (Å²) in [4.78, 5) is 23.1. The van der Waals surface area contributed by atoms with Gasteiger partial charge in [0.15, 0.2) is 0 Å². The number of nitrogens with zero attached hydrogens (tertiary/aromatic N) is 2. The number of hydrogen-bond acceptors (Lipinski definition) is 3. The van der Waals surface area contributed by atoms with Crippen LogP contribution < -0.4 is 11.2 Å². The number of halogens is 1. The van der Waals surface area contributed by atoms with E-state index in [9.17, 15) is 14.0 Å². The molecule has 0 fully saturated rings. The number of primary amides is 1. The van der Waals surface area contributed by atoms with Crippen LogP contribution in [0.3, 0.4) is 0 Å². The van der Waals surface area contributed by atoms with Crippen molar-refractivity contribution in [2.75, 3.05) is 0 Å². The number of benzene rings is 2. The third-order valence-electron chi connectivity index (χ3n) is 3.60. The molecule has 25 heavy (non-hydrogen) atoms. The van der Waals surface area contributed by atoms with Crippen molar-refractivity contribution in [2.45, 2.75) is 6.54 Å². The van der Waals surface area contributed by atoms with Crippen molar-refractivity contribution in [2.24, 2.45) is 10.8 Å². The highest BCUT2D eigenvalue weighted by atomic mass is 19.1. The van der Waals surface area contributed by atoms with Crippen molar-refractivity contribution >= 4 is 28.9 Å². The van der Waals surface area contributed by atoms with E-state index < -0.39 is 17.6 Å². The largest absolute Gasteiger partial charge is 0.368 e. The lowest BCUT2D eigenvalue weighted by Gasteiger charge is -2.00. The predicted octanol–water partition coefficient (Wildman–Crippen LogP) is 2.03. The molecule has 6 nitrogen and oxygen atoms in total. The van der Waals surface area contributed by atoms with Gasteiger partial charge in [0.05, 0.1) is 6.21 Å². The van der Waals surface area contributed by atoms with Gasteiger partial charge in [0.2, 0.25) is 5.91 Å².